The van der Waals surface area contributed by atoms with E-state index >= 15 is 0 Å². The number of nitrogens with one attached hydrogen (secondary N) is 1. The molecule has 0 aliphatic carbocycles. The lowest BCUT2D eigenvalue weighted by atomic mass is 10.0. The van der Waals surface area contributed by atoms with E-state index in [0.29, 0.717) is 16.5 Å². The first-order valence-corrected chi connectivity index (χ1v) is 9.88. The summed E-state index contributed by atoms with van der Waals surface area (Å²) in [6.07, 6.45) is 0. The molecule has 3 rings (SSSR count). The average Bonchev–Trinajstić information content (AvgIpc) is 2.61. The van der Waals surface area contributed by atoms with Gasteiger partial charge in [-0.05, 0) is 62.2 Å². The maximum Gasteiger partial charge on any atom is 0.234 e. The van der Waals surface area contributed by atoms with Crippen LogP contribution in [0, 0.1) is 20.8 Å². The zero-order valence-corrected chi connectivity index (χ0v) is 17.3. The largest absolute Gasteiger partial charge is 0.495 e. The second kappa shape index (κ2) is 8.19. The van der Waals surface area contributed by atoms with E-state index in [1.54, 1.807) is 25.3 Å². The van der Waals surface area contributed by atoms with Gasteiger partial charge in [0.25, 0.3) is 0 Å². The third-order valence-corrected chi connectivity index (χ3v) is 5.36. The predicted octanol–water partition coefficient (Wildman–Crippen LogP) is 5.55. The van der Waals surface area contributed by atoms with Gasteiger partial charge < -0.3 is 10.1 Å². The lowest BCUT2D eigenvalue weighted by molar-refractivity contribution is -0.113. The van der Waals surface area contributed by atoms with Gasteiger partial charge >= 0.3 is 0 Å². The molecule has 1 heterocycles. The minimum Gasteiger partial charge on any atom is -0.495 e. The topological polar surface area (TPSA) is 51.2 Å². The van der Waals surface area contributed by atoms with E-state index in [2.05, 4.69) is 38.2 Å². The first-order valence-electron chi connectivity index (χ1n) is 8.52. The molecular weight excluding hydrogens is 380 g/mol. The molecule has 0 bridgehead atoms. The third kappa shape index (κ3) is 4.54. The molecule has 27 heavy (non-hydrogen) atoms. The van der Waals surface area contributed by atoms with Crippen LogP contribution < -0.4 is 10.1 Å². The number of rotatable bonds is 5. The number of carbonyl (C=O) groups excluding carboxylic acids is 1. The van der Waals surface area contributed by atoms with Crippen molar-refractivity contribution in [3.63, 3.8) is 0 Å². The van der Waals surface area contributed by atoms with Gasteiger partial charge in [-0.1, -0.05) is 35.0 Å². The predicted molar refractivity (Wildman–Crippen MR) is 113 cm³/mol. The van der Waals surface area contributed by atoms with E-state index in [4.69, 9.17) is 21.3 Å². The number of hydrogen-bond donors (Lipinski definition) is 1. The highest BCUT2D eigenvalue weighted by atomic mass is 35.5. The van der Waals surface area contributed by atoms with Crippen molar-refractivity contribution < 1.29 is 9.53 Å². The zero-order valence-electron chi connectivity index (χ0n) is 15.7. The molecule has 2 aromatic carbocycles. The van der Waals surface area contributed by atoms with Crippen molar-refractivity contribution in [1.29, 1.82) is 0 Å². The van der Waals surface area contributed by atoms with Crippen molar-refractivity contribution in [2.75, 3.05) is 18.2 Å². The number of aromatic nitrogens is 1. The minimum atomic E-state index is -0.138. The summed E-state index contributed by atoms with van der Waals surface area (Å²) in [7, 11) is 1.56. The Morgan fingerprint density at radius 3 is 2.67 bits per heavy atom. The monoisotopic (exact) mass is 400 g/mol. The Morgan fingerprint density at radius 1 is 1.15 bits per heavy atom. The standard InChI is InChI=1S/C21H21ClN2O2S/c1-12-7-14(3)21-16(8-12)13(2)9-20(24-21)27-11-19(25)23-17-10-15(22)5-6-18(17)26-4/h5-10H,11H2,1-4H3,(H,23,25). The molecular formula is C21H21ClN2O2S. The van der Waals surface area contributed by atoms with Gasteiger partial charge in [0.05, 0.1) is 29.1 Å². The van der Waals surface area contributed by atoms with E-state index < -0.39 is 0 Å². The van der Waals surface area contributed by atoms with Gasteiger partial charge in [0.2, 0.25) is 5.91 Å². The Hall–Kier alpha value is -2.24. The van der Waals surface area contributed by atoms with Gasteiger partial charge in [0.1, 0.15) is 5.75 Å². The number of aryl methyl sites for hydroxylation is 3. The number of carbonyl (C=O) groups is 1. The number of amides is 1. The van der Waals surface area contributed by atoms with Gasteiger partial charge in [0.15, 0.2) is 0 Å². The Morgan fingerprint density at radius 2 is 1.93 bits per heavy atom. The highest BCUT2D eigenvalue weighted by Gasteiger charge is 2.11. The molecule has 0 atom stereocenters. The van der Waals surface area contributed by atoms with Crippen molar-refractivity contribution in [2.24, 2.45) is 0 Å². The van der Waals surface area contributed by atoms with Crippen LogP contribution in [0.3, 0.4) is 0 Å². The number of benzene rings is 2. The molecule has 0 saturated heterocycles. The van der Waals surface area contributed by atoms with Crippen molar-refractivity contribution in [3.8, 4) is 5.75 Å². The Bertz CT molecular complexity index is 1020. The highest BCUT2D eigenvalue weighted by molar-refractivity contribution is 7.99. The van der Waals surface area contributed by atoms with E-state index in [1.165, 1.54) is 17.3 Å². The molecule has 0 unspecified atom stereocenters. The van der Waals surface area contributed by atoms with Crippen molar-refractivity contribution in [3.05, 3.63) is 58.1 Å². The molecule has 1 N–H and O–H groups in total. The van der Waals surface area contributed by atoms with E-state index in [-0.39, 0.29) is 11.7 Å². The van der Waals surface area contributed by atoms with E-state index in [0.717, 1.165) is 27.1 Å². The van der Waals surface area contributed by atoms with E-state index in [9.17, 15) is 4.79 Å². The maximum atomic E-state index is 12.4. The van der Waals surface area contributed by atoms with Gasteiger partial charge in [-0.15, -0.1) is 0 Å². The van der Waals surface area contributed by atoms with Crippen LogP contribution in [0.1, 0.15) is 16.7 Å². The number of anilines is 1. The summed E-state index contributed by atoms with van der Waals surface area (Å²) >= 11 is 7.42. The number of nitrogens with zero attached hydrogens (tertiary/aromatic N) is 1. The summed E-state index contributed by atoms with van der Waals surface area (Å²) < 4.78 is 5.26. The van der Waals surface area contributed by atoms with Crippen LogP contribution in [0.4, 0.5) is 5.69 Å². The fourth-order valence-electron chi connectivity index (χ4n) is 2.99. The molecule has 0 fully saturated rings. The second-order valence-corrected chi connectivity index (χ2v) is 7.87. The SMILES string of the molecule is COc1ccc(Cl)cc1NC(=O)CSc1cc(C)c2cc(C)cc(C)c2n1. The maximum absolute atomic E-state index is 12.4. The molecule has 3 aromatic rings. The molecule has 1 amide bonds. The summed E-state index contributed by atoms with van der Waals surface area (Å²) in [6, 6.07) is 11.4. The molecule has 0 aliphatic heterocycles. The fraction of sp³-hybridized carbons (Fsp3) is 0.238. The van der Waals surface area contributed by atoms with Gasteiger partial charge in [-0.2, -0.15) is 0 Å². The van der Waals surface area contributed by atoms with Crippen LogP contribution in [-0.2, 0) is 4.79 Å². The summed E-state index contributed by atoms with van der Waals surface area (Å²) in [5, 5.41) is 5.38. The smallest absolute Gasteiger partial charge is 0.234 e. The fourth-order valence-corrected chi connectivity index (χ4v) is 3.93. The molecule has 0 spiro atoms. The zero-order chi connectivity index (χ0) is 19.6. The van der Waals surface area contributed by atoms with E-state index in [1.807, 2.05) is 6.07 Å². The summed E-state index contributed by atoms with van der Waals surface area (Å²) in [5.74, 6) is 0.683. The number of methoxy groups -OCH3 is 1. The first kappa shape index (κ1) is 19.5. The molecule has 0 radical (unpaired) electrons. The quantitative estimate of drug-likeness (QED) is 0.570. The molecule has 140 valence electrons. The first-order chi connectivity index (χ1) is 12.9. The van der Waals surface area contributed by atoms with Crippen LogP contribution in [0.15, 0.2) is 41.4 Å². The third-order valence-electron chi connectivity index (χ3n) is 4.22. The van der Waals surface area contributed by atoms with Crippen LogP contribution in [0.25, 0.3) is 10.9 Å². The van der Waals surface area contributed by atoms with Gasteiger partial charge in [-0.3, -0.25) is 4.79 Å². The lowest BCUT2D eigenvalue weighted by Crippen LogP contribution is -2.14. The normalized spacial score (nSPS) is 10.9. The van der Waals surface area contributed by atoms with Crippen molar-refractivity contribution in [2.45, 2.75) is 25.8 Å². The molecule has 0 saturated carbocycles. The summed E-state index contributed by atoms with van der Waals surface area (Å²) in [6.45, 7) is 6.22. The molecule has 1 aromatic heterocycles. The molecule has 0 aliphatic rings. The van der Waals surface area contributed by atoms with Crippen LogP contribution >= 0.6 is 23.4 Å². The highest BCUT2D eigenvalue weighted by Crippen LogP contribution is 2.29. The summed E-state index contributed by atoms with van der Waals surface area (Å²) in [4.78, 5) is 17.1. The second-order valence-electron chi connectivity index (χ2n) is 6.44. The summed E-state index contributed by atoms with van der Waals surface area (Å²) in [5.41, 5.74) is 5.07. The Balaban J connectivity index is 1.75. The average molecular weight is 401 g/mol. The number of halogens is 1. The number of thioether (sulfide) groups is 1. The van der Waals surface area contributed by atoms with Crippen LogP contribution in [0.5, 0.6) is 5.75 Å². The molecule has 6 heteroatoms. The lowest BCUT2D eigenvalue weighted by Gasteiger charge is -2.11. The molecule has 4 nitrogen and oxygen atoms in total. The Kier molecular flexibility index (Phi) is 5.92. The number of hydrogen-bond acceptors (Lipinski definition) is 4. The van der Waals surface area contributed by atoms with Crippen LogP contribution in [-0.4, -0.2) is 23.8 Å². The number of fused-ring (bicyclic) bond motifs is 1. The van der Waals surface area contributed by atoms with Crippen LogP contribution in [0.2, 0.25) is 5.02 Å². The van der Waals surface area contributed by atoms with Crippen molar-refractivity contribution in [1.82, 2.24) is 4.98 Å². The van der Waals surface area contributed by atoms with Gasteiger partial charge in [-0.25, -0.2) is 4.98 Å². The number of ether oxygens (including phenoxy) is 1. The van der Waals surface area contributed by atoms with Crippen molar-refractivity contribution >= 4 is 45.9 Å². The number of pyridine rings is 1. The van der Waals surface area contributed by atoms with Gasteiger partial charge in [0, 0.05) is 10.4 Å². The minimum absolute atomic E-state index is 0.138. The Labute approximate surface area is 168 Å².